The Morgan fingerprint density at radius 2 is 1.85 bits per heavy atom. The molecule has 9 heteroatoms. The molecule has 1 N–H and O–H groups in total. The lowest BCUT2D eigenvalue weighted by atomic mass is 10.0. The summed E-state index contributed by atoms with van der Waals surface area (Å²) in [6.07, 6.45) is 1.61. The van der Waals surface area contributed by atoms with Gasteiger partial charge in [0.2, 0.25) is 11.8 Å². The Bertz CT molecular complexity index is 1380. The first kappa shape index (κ1) is 26.4. The number of amides is 2. The number of benzene rings is 3. The molecule has 0 bridgehead atoms. The number of carbonyl (C=O) groups is 2. The Morgan fingerprint density at radius 3 is 2.59 bits per heavy atom. The van der Waals surface area contributed by atoms with Crippen molar-refractivity contribution in [1.82, 2.24) is 25.2 Å². The second-order valence-electron chi connectivity index (χ2n) is 9.52. The Balaban J connectivity index is 1.47. The van der Waals surface area contributed by atoms with E-state index in [0.29, 0.717) is 43.1 Å². The van der Waals surface area contributed by atoms with Crippen LogP contribution < -0.4 is 10.1 Å². The van der Waals surface area contributed by atoms with Gasteiger partial charge in [-0.05, 0) is 55.2 Å². The van der Waals surface area contributed by atoms with Crippen LogP contribution in [0.3, 0.4) is 0 Å². The van der Waals surface area contributed by atoms with Crippen molar-refractivity contribution in [2.24, 2.45) is 0 Å². The lowest BCUT2D eigenvalue weighted by Crippen LogP contribution is -2.47. The first-order chi connectivity index (χ1) is 19.1. The van der Waals surface area contributed by atoms with E-state index >= 15 is 0 Å². The Kier molecular flexibility index (Phi) is 8.48. The van der Waals surface area contributed by atoms with Gasteiger partial charge in [-0.15, -0.1) is 5.10 Å². The summed E-state index contributed by atoms with van der Waals surface area (Å²) >= 11 is 0. The number of fused-ring (bicyclic) bond motifs is 1. The molecule has 0 saturated carbocycles. The zero-order valence-corrected chi connectivity index (χ0v) is 22.0. The van der Waals surface area contributed by atoms with Crippen LogP contribution in [0.15, 0.2) is 78.9 Å². The molecule has 0 unspecified atom stereocenters. The number of hydrogen-bond acceptors (Lipinski definition) is 6. The van der Waals surface area contributed by atoms with Gasteiger partial charge in [-0.2, -0.15) is 0 Å². The molecule has 1 aromatic heterocycles. The molecule has 1 aliphatic rings. The first-order valence-corrected chi connectivity index (χ1v) is 13.4. The molecule has 5 rings (SSSR count). The summed E-state index contributed by atoms with van der Waals surface area (Å²) in [6, 6.07) is 23.7. The SMILES string of the molecule is CCOc1ccc([C@H](C(=O)NCc2ccccc2)N(C[C@@H]2CCCO2)C(=O)Cn2nnc3ccccc32)cc1. The van der Waals surface area contributed by atoms with Crippen molar-refractivity contribution in [3.05, 3.63) is 90.0 Å². The minimum absolute atomic E-state index is 0.0489. The fourth-order valence-electron chi connectivity index (χ4n) is 4.88. The highest BCUT2D eigenvalue weighted by Crippen LogP contribution is 2.27. The number of hydrogen-bond donors (Lipinski definition) is 1. The maximum absolute atomic E-state index is 14.0. The maximum atomic E-state index is 14.0. The molecule has 2 atom stereocenters. The standard InChI is InChI=1S/C30H33N5O4/c1-2-38-24-16-14-23(15-17-24)29(30(37)31-19-22-9-4-3-5-10-22)34(20-25-11-8-18-39-25)28(36)21-35-27-13-7-6-12-26(27)32-33-35/h3-7,9-10,12-17,25,29H,2,8,11,18-21H2,1H3,(H,31,37)/t25-,29+/m0/s1. The van der Waals surface area contributed by atoms with Crippen molar-refractivity contribution < 1.29 is 19.1 Å². The van der Waals surface area contributed by atoms with E-state index in [2.05, 4.69) is 15.6 Å². The third-order valence-electron chi connectivity index (χ3n) is 6.83. The summed E-state index contributed by atoms with van der Waals surface area (Å²) in [6.45, 7) is 3.70. The van der Waals surface area contributed by atoms with Gasteiger partial charge in [0.1, 0.15) is 23.9 Å². The summed E-state index contributed by atoms with van der Waals surface area (Å²) in [4.78, 5) is 29.5. The van der Waals surface area contributed by atoms with Crippen LogP contribution in [0.5, 0.6) is 5.75 Å². The van der Waals surface area contributed by atoms with Crippen molar-refractivity contribution in [3.63, 3.8) is 0 Å². The van der Waals surface area contributed by atoms with E-state index in [1.54, 1.807) is 9.58 Å². The average Bonchev–Trinajstić information content (AvgIpc) is 3.63. The Morgan fingerprint density at radius 1 is 1.08 bits per heavy atom. The predicted octanol–water partition coefficient (Wildman–Crippen LogP) is 3.90. The summed E-state index contributed by atoms with van der Waals surface area (Å²) < 4.78 is 13.1. The van der Waals surface area contributed by atoms with Crippen molar-refractivity contribution in [3.8, 4) is 5.75 Å². The number of nitrogens with zero attached hydrogens (tertiary/aromatic N) is 4. The minimum atomic E-state index is -0.865. The zero-order valence-electron chi connectivity index (χ0n) is 22.0. The van der Waals surface area contributed by atoms with E-state index in [9.17, 15) is 9.59 Å². The fourth-order valence-corrected chi connectivity index (χ4v) is 4.88. The number of para-hydroxylation sites is 1. The van der Waals surface area contributed by atoms with Gasteiger partial charge in [0.05, 0.1) is 18.2 Å². The van der Waals surface area contributed by atoms with Crippen LogP contribution in [-0.2, 0) is 27.4 Å². The molecule has 4 aromatic rings. The quantitative estimate of drug-likeness (QED) is 0.318. The van der Waals surface area contributed by atoms with Crippen molar-refractivity contribution in [2.45, 2.75) is 45.0 Å². The molecule has 39 heavy (non-hydrogen) atoms. The van der Waals surface area contributed by atoms with Crippen LogP contribution >= 0.6 is 0 Å². The monoisotopic (exact) mass is 527 g/mol. The van der Waals surface area contributed by atoms with E-state index in [1.165, 1.54) is 0 Å². The van der Waals surface area contributed by atoms with E-state index in [0.717, 1.165) is 23.9 Å². The number of nitrogens with one attached hydrogen (secondary N) is 1. The number of carbonyl (C=O) groups excluding carboxylic acids is 2. The van der Waals surface area contributed by atoms with Crippen LogP contribution in [0.2, 0.25) is 0 Å². The second-order valence-corrected chi connectivity index (χ2v) is 9.52. The van der Waals surface area contributed by atoms with Crippen LogP contribution in [0, 0.1) is 0 Å². The molecule has 9 nitrogen and oxygen atoms in total. The van der Waals surface area contributed by atoms with Gasteiger partial charge in [-0.25, -0.2) is 4.68 Å². The summed E-state index contributed by atoms with van der Waals surface area (Å²) in [5.41, 5.74) is 3.13. The summed E-state index contributed by atoms with van der Waals surface area (Å²) in [7, 11) is 0. The lowest BCUT2D eigenvalue weighted by molar-refractivity contribution is -0.143. The molecule has 2 amide bonds. The minimum Gasteiger partial charge on any atom is -0.494 e. The largest absolute Gasteiger partial charge is 0.494 e. The summed E-state index contributed by atoms with van der Waals surface area (Å²) in [5.74, 6) is 0.198. The maximum Gasteiger partial charge on any atom is 0.247 e. The van der Waals surface area contributed by atoms with Gasteiger partial charge in [0.15, 0.2) is 0 Å². The average molecular weight is 528 g/mol. The molecule has 1 saturated heterocycles. The third-order valence-corrected chi connectivity index (χ3v) is 6.83. The molecule has 202 valence electrons. The predicted molar refractivity (Wildman–Crippen MR) is 147 cm³/mol. The van der Waals surface area contributed by atoms with Crippen LogP contribution in [0.25, 0.3) is 11.0 Å². The fraction of sp³-hybridized carbons (Fsp3) is 0.333. The second kappa shape index (κ2) is 12.5. The van der Waals surface area contributed by atoms with E-state index in [-0.39, 0.29) is 24.5 Å². The van der Waals surface area contributed by atoms with Gasteiger partial charge < -0.3 is 19.7 Å². The number of aromatic nitrogens is 3. The zero-order chi connectivity index (χ0) is 27.0. The van der Waals surface area contributed by atoms with Gasteiger partial charge in [-0.3, -0.25) is 9.59 Å². The molecule has 0 spiro atoms. The highest BCUT2D eigenvalue weighted by molar-refractivity contribution is 5.89. The van der Waals surface area contributed by atoms with Crippen LogP contribution in [-0.4, -0.2) is 57.6 Å². The Labute approximate surface area is 227 Å². The van der Waals surface area contributed by atoms with Crippen molar-refractivity contribution in [2.75, 3.05) is 19.8 Å². The molecule has 2 heterocycles. The molecule has 0 radical (unpaired) electrons. The number of rotatable bonds is 11. The molecule has 1 aliphatic heterocycles. The summed E-state index contributed by atoms with van der Waals surface area (Å²) in [5, 5.41) is 11.4. The van der Waals surface area contributed by atoms with E-state index in [4.69, 9.17) is 9.47 Å². The smallest absolute Gasteiger partial charge is 0.247 e. The van der Waals surface area contributed by atoms with Gasteiger partial charge in [0, 0.05) is 19.7 Å². The molecule has 1 fully saturated rings. The molecule has 0 aliphatic carbocycles. The molecular formula is C30H33N5O4. The Hall–Kier alpha value is -4.24. The van der Waals surface area contributed by atoms with Crippen LogP contribution in [0.4, 0.5) is 0 Å². The van der Waals surface area contributed by atoms with Crippen molar-refractivity contribution >= 4 is 22.8 Å². The normalized spacial score (nSPS) is 15.7. The molecular weight excluding hydrogens is 494 g/mol. The van der Waals surface area contributed by atoms with Gasteiger partial charge >= 0.3 is 0 Å². The topological polar surface area (TPSA) is 98.6 Å². The van der Waals surface area contributed by atoms with Crippen LogP contribution in [0.1, 0.15) is 36.9 Å². The van der Waals surface area contributed by atoms with Gasteiger partial charge in [-0.1, -0.05) is 59.8 Å². The van der Waals surface area contributed by atoms with E-state index in [1.807, 2.05) is 85.8 Å². The van der Waals surface area contributed by atoms with E-state index < -0.39 is 6.04 Å². The number of ether oxygens (including phenoxy) is 2. The lowest BCUT2D eigenvalue weighted by Gasteiger charge is -2.33. The van der Waals surface area contributed by atoms with Crippen molar-refractivity contribution in [1.29, 1.82) is 0 Å². The highest BCUT2D eigenvalue weighted by Gasteiger charge is 2.34. The third kappa shape index (κ3) is 6.43. The van der Waals surface area contributed by atoms with Gasteiger partial charge in [0.25, 0.3) is 0 Å². The highest BCUT2D eigenvalue weighted by atomic mass is 16.5. The molecule has 3 aromatic carbocycles. The first-order valence-electron chi connectivity index (χ1n) is 13.4.